The van der Waals surface area contributed by atoms with Crippen molar-refractivity contribution < 1.29 is 23.5 Å². The maximum absolute atomic E-state index is 13.8. The molecule has 1 aliphatic rings. The molecule has 9 heteroatoms. The Hall–Kier alpha value is -3.04. The highest BCUT2D eigenvalue weighted by atomic mass is 32.2. The fourth-order valence-corrected chi connectivity index (χ4v) is 3.70. The molecule has 1 fully saturated rings. The van der Waals surface area contributed by atoms with Crippen LogP contribution in [-0.2, 0) is 4.79 Å². The minimum absolute atomic E-state index is 0.177. The van der Waals surface area contributed by atoms with Crippen LogP contribution < -0.4 is 5.32 Å². The van der Waals surface area contributed by atoms with Crippen LogP contribution in [-0.4, -0.2) is 26.3 Å². The van der Waals surface area contributed by atoms with Gasteiger partial charge in [-0.3, -0.25) is 9.78 Å². The van der Waals surface area contributed by atoms with Gasteiger partial charge >= 0.3 is 5.97 Å². The van der Waals surface area contributed by atoms with Crippen LogP contribution >= 0.6 is 24.0 Å². The summed E-state index contributed by atoms with van der Waals surface area (Å²) in [5.41, 5.74) is 1.000. The Morgan fingerprint density at radius 3 is 2.81 bits per heavy atom. The fraction of sp³-hybridized carbons (Fsp3) is 0. The molecule has 0 unspecified atom stereocenters. The minimum Gasteiger partial charge on any atom is -0.478 e. The Labute approximate surface area is 161 Å². The van der Waals surface area contributed by atoms with Crippen molar-refractivity contribution in [2.75, 3.05) is 0 Å². The second-order valence-electron chi connectivity index (χ2n) is 5.64. The summed E-state index contributed by atoms with van der Waals surface area (Å²) < 4.78 is 20.0. The molecule has 0 radical (unpaired) electrons. The molecule has 3 aromatic rings. The smallest absolute Gasteiger partial charge is 0.335 e. The van der Waals surface area contributed by atoms with Gasteiger partial charge in [-0.2, -0.15) is 0 Å². The molecule has 2 aromatic heterocycles. The van der Waals surface area contributed by atoms with Gasteiger partial charge in [0.05, 0.1) is 10.5 Å². The van der Waals surface area contributed by atoms with Gasteiger partial charge in [0.1, 0.15) is 21.5 Å². The van der Waals surface area contributed by atoms with Crippen LogP contribution in [0.5, 0.6) is 0 Å². The Morgan fingerprint density at radius 1 is 1.30 bits per heavy atom. The fourth-order valence-electron chi connectivity index (χ4n) is 2.68. The zero-order chi connectivity index (χ0) is 19.1. The molecule has 1 saturated heterocycles. The number of aromatic carboxylic acids is 1. The average molecular weight is 400 g/mol. The molecule has 134 valence electrons. The molecule has 27 heavy (non-hydrogen) atoms. The van der Waals surface area contributed by atoms with E-state index >= 15 is 0 Å². The number of fused-ring (bicyclic) bond motifs is 1. The molecule has 0 bridgehead atoms. The summed E-state index contributed by atoms with van der Waals surface area (Å²) in [7, 11) is 0. The van der Waals surface area contributed by atoms with Crippen molar-refractivity contribution in [3.63, 3.8) is 0 Å². The van der Waals surface area contributed by atoms with E-state index in [1.54, 1.807) is 18.3 Å². The number of thiocarbonyl (C=S) groups is 1. The van der Waals surface area contributed by atoms with Gasteiger partial charge in [-0.05, 0) is 29.8 Å². The molecule has 1 aromatic carbocycles. The van der Waals surface area contributed by atoms with E-state index in [-0.39, 0.29) is 11.5 Å². The van der Waals surface area contributed by atoms with Crippen LogP contribution in [0.1, 0.15) is 16.1 Å². The maximum atomic E-state index is 13.8. The van der Waals surface area contributed by atoms with Gasteiger partial charge < -0.3 is 14.8 Å². The highest BCUT2D eigenvalue weighted by molar-refractivity contribution is 8.26. The van der Waals surface area contributed by atoms with E-state index in [0.29, 0.717) is 37.1 Å². The second kappa shape index (κ2) is 6.60. The van der Waals surface area contributed by atoms with Gasteiger partial charge in [0.25, 0.3) is 5.91 Å². The monoisotopic (exact) mass is 400 g/mol. The van der Waals surface area contributed by atoms with Crippen LogP contribution in [0.4, 0.5) is 4.39 Å². The van der Waals surface area contributed by atoms with Crippen LogP contribution in [0.25, 0.3) is 28.2 Å². The number of carboxylic acid groups (broad SMARTS) is 1. The summed E-state index contributed by atoms with van der Waals surface area (Å²) in [5, 5.41) is 12.3. The normalized spacial score (nSPS) is 15.5. The largest absolute Gasteiger partial charge is 0.478 e. The van der Waals surface area contributed by atoms with Gasteiger partial charge in [0, 0.05) is 29.4 Å². The van der Waals surface area contributed by atoms with E-state index in [4.69, 9.17) is 21.7 Å². The van der Waals surface area contributed by atoms with Gasteiger partial charge in [-0.1, -0.05) is 24.0 Å². The second-order valence-corrected chi connectivity index (χ2v) is 7.36. The first-order valence-corrected chi connectivity index (χ1v) is 8.80. The zero-order valence-corrected chi connectivity index (χ0v) is 15.0. The van der Waals surface area contributed by atoms with Crippen molar-refractivity contribution in [3.05, 3.63) is 58.7 Å². The standard InChI is InChI=1S/C18H9FN2O4S2/c19-11-2-8(1-9(3-11)17(23)24)13-7-20-6-10-4-12(25-15(10)13)5-14-16(22)21-18(26)27-14/h1-7H,(H,23,24)(H,21,22,26)/b14-5+. The van der Waals surface area contributed by atoms with Crippen molar-refractivity contribution in [1.82, 2.24) is 10.3 Å². The maximum Gasteiger partial charge on any atom is 0.335 e. The summed E-state index contributed by atoms with van der Waals surface area (Å²) in [5.74, 6) is -1.82. The number of carboxylic acids is 1. The van der Waals surface area contributed by atoms with Crippen molar-refractivity contribution in [1.29, 1.82) is 0 Å². The van der Waals surface area contributed by atoms with E-state index < -0.39 is 11.8 Å². The highest BCUT2D eigenvalue weighted by Crippen LogP contribution is 2.33. The van der Waals surface area contributed by atoms with E-state index in [1.807, 2.05) is 0 Å². The number of carbonyl (C=O) groups is 2. The first-order valence-electron chi connectivity index (χ1n) is 7.57. The van der Waals surface area contributed by atoms with Crippen molar-refractivity contribution in [2.24, 2.45) is 0 Å². The number of amides is 1. The predicted molar refractivity (Wildman–Crippen MR) is 103 cm³/mol. The average Bonchev–Trinajstić information content (AvgIpc) is 3.16. The van der Waals surface area contributed by atoms with Crippen LogP contribution in [0.3, 0.4) is 0 Å². The lowest BCUT2D eigenvalue weighted by atomic mass is 10.0. The van der Waals surface area contributed by atoms with Gasteiger partial charge in [0.15, 0.2) is 0 Å². The number of hydrogen-bond donors (Lipinski definition) is 2. The SMILES string of the molecule is O=C1NC(=S)S/C1=C/c1cc2cncc(-c3cc(F)cc(C(=O)O)c3)c2o1. The lowest BCUT2D eigenvalue weighted by Gasteiger charge is -2.04. The highest BCUT2D eigenvalue weighted by Gasteiger charge is 2.23. The third kappa shape index (κ3) is 3.34. The summed E-state index contributed by atoms with van der Waals surface area (Å²) in [6.45, 7) is 0. The molecule has 1 aliphatic heterocycles. The first kappa shape index (κ1) is 17.4. The molecule has 0 saturated carbocycles. The molecule has 0 aliphatic carbocycles. The molecule has 2 N–H and O–H groups in total. The van der Waals surface area contributed by atoms with E-state index in [2.05, 4.69) is 10.3 Å². The van der Waals surface area contributed by atoms with Gasteiger partial charge in [0.2, 0.25) is 0 Å². The van der Waals surface area contributed by atoms with Gasteiger partial charge in [-0.15, -0.1) is 0 Å². The van der Waals surface area contributed by atoms with E-state index in [9.17, 15) is 14.0 Å². The molecule has 0 spiro atoms. The molecule has 3 heterocycles. The number of furan rings is 1. The van der Waals surface area contributed by atoms with Gasteiger partial charge in [-0.25, -0.2) is 9.18 Å². The number of rotatable bonds is 3. The van der Waals surface area contributed by atoms with Crippen LogP contribution in [0.2, 0.25) is 0 Å². The van der Waals surface area contributed by atoms with Crippen molar-refractivity contribution in [3.8, 4) is 11.1 Å². The molecule has 6 nitrogen and oxygen atoms in total. The number of aromatic nitrogens is 1. The number of nitrogens with zero attached hydrogens (tertiary/aromatic N) is 1. The van der Waals surface area contributed by atoms with E-state index in [0.717, 1.165) is 17.8 Å². The first-order chi connectivity index (χ1) is 12.9. The number of nitrogens with one attached hydrogen (secondary N) is 1. The summed E-state index contributed by atoms with van der Waals surface area (Å²) in [6.07, 6.45) is 4.58. The summed E-state index contributed by atoms with van der Waals surface area (Å²) in [4.78, 5) is 27.5. The van der Waals surface area contributed by atoms with Crippen LogP contribution in [0, 0.1) is 5.82 Å². The zero-order valence-electron chi connectivity index (χ0n) is 13.4. The Balaban J connectivity index is 1.83. The molecule has 1 amide bonds. The summed E-state index contributed by atoms with van der Waals surface area (Å²) >= 11 is 6.08. The lowest BCUT2D eigenvalue weighted by molar-refractivity contribution is -0.115. The predicted octanol–water partition coefficient (Wildman–Crippen LogP) is 3.82. The topological polar surface area (TPSA) is 92.4 Å². The van der Waals surface area contributed by atoms with Crippen LogP contribution in [0.15, 0.2) is 46.0 Å². The number of carbonyl (C=O) groups excluding carboxylic acids is 1. The molecular formula is C18H9FN2O4S2. The Kier molecular flexibility index (Phi) is 4.25. The number of thioether (sulfide) groups is 1. The van der Waals surface area contributed by atoms with E-state index in [1.165, 1.54) is 18.3 Å². The third-order valence-corrected chi connectivity index (χ3v) is 4.98. The summed E-state index contributed by atoms with van der Waals surface area (Å²) in [6, 6.07) is 5.19. The third-order valence-electron chi connectivity index (χ3n) is 3.81. The number of benzene rings is 1. The molecule has 4 rings (SSSR count). The minimum atomic E-state index is -1.24. The lowest BCUT2D eigenvalue weighted by Crippen LogP contribution is -2.17. The molecular weight excluding hydrogens is 391 g/mol. The van der Waals surface area contributed by atoms with Crippen molar-refractivity contribution >= 4 is 57.2 Å². The number of pyridine rings is 1. The van der Waals surface area contributed by atoms with Crippen molar-refractivity contribution in [2.45, 2.75) is 0 Å². The Bertz CT molecular complexity index is 1170. The molecule has 0 atom stereocenters. The Morgan fingerprint density at radius 2 is 2.11 bits per heavy atom. The quantitative estimate of drug-likeness (QED) is 0.510. The number of hydrogen-bond acceptors (Lipinski definition) is 6. The number of halogens is 1.